The zero-order chi connectivity index (χ0) is 13.1. The molecule has 0 aliphatic rings. The van der Waals surface area contributed by atoms with Gasteiger partial charge in [-0.3, -0.25) is 0 Å². The Morgan fingerprint density at radius 1 is 1.33 bits per heavy atom. The smallest absolute Gasteiger partial charge is 0.496 e. The van der Waals surface area contributed by atoms with Gasteiger partial charge in [-0.05, 0) is 24.6 Å². The van der Waals surface area contributed by atoms with Crippen LogP contribution in [0.5, 0.6) is 11.5 Å². The van der Waals surface area contributed by atoms with Crippen LogP contribution in [0.3, 0.4) is 0 Å². The first-order valence-electron chi connectivity index (χ1n) is 5.06. The third-order valence-electron chi connectivity index (χ3n) is 2.27. The number of nitrogens with two attached hydrogens (primary N) is 1. The minimum absolute atomic E-state index is 0. The van der Waals surface area contributed by atoms with E-state index in [0.717, 1.165) is 0 Å². The van der Waals surface area contributed by atoms with Crippen LogP contribution in [0.15, 0.2) is 18.2 Å². The van der Waals surface area contributed by atoms with Crippen molar-refractivity contribution in [1.29, 1.82) is 0 Å². The molecule has 18 heavy (non-hydrogen) atoms. The number of rotatable bonds is 4. The van der Waals surface area contributed by atoms with Crippen LogP contribution in [-0.2, 0) is 0 Å². The van der Waals surface area contributed by atoms with E-state index in [0.29, 0.717) is 17.7 Å². The van der Waals surface area contributed by atoms with Crippen LogP contribution in [0, 0.1) is 0 Å². The third-order valence-corrected chi connectivity index (χ3v) is 2.27. The highest BCUT2D eigenvalue weighted by molar-refractivity contribution is 5.85. The second-order valence-corrected chi connectivity index (χ2v) is 3.47. The van der Waals surface area contributed by atoms with Gasteiger partial charge < -0.3 is 15.2 Å². The van der Waals surface area contributed by atoms with Crippen molar-refractivity contribution in [2.75, 3.05) is 7.11 Å². The largest absolute Gasteiger partial charge is 0.573 e. The average molecular weight is 286 g/mol. The van der Waals surface area contributed by atoms with Gasteiger partial charge in [-0.2, -0.15) is 0 Å². The van der Waals surface area contributed by atoms with Gasteiger partial charge in [0.15, 0.2) is 0 Å². The van der Waals surface area contributed by atoms with Crippen LogP contribution in [0.25, 0.3) is 0 Å². The summed E-state index contributed by atoms with van der Waals surface area (Å²) < 4.78 is 45.0. The lowest BCUT2D eigenvalue weighted by Crippen LogP contribution is -2.18. The van der Waals surface area contributed by atoms with E-state index in [9.17, 15) is 13.2 Å². The lowest BCUT2D eigenvalue weighted by atomic mass is 10.0. The maximum atomic E-state index is 12.1. The van der Waals surface area contributed by atoms with Crippen LogP contribution in [0.1, 0.15) is 24.9 Å². The zero-order valence-corrected chi connectivity index (χ0v) is 10.8. The van der Waals surface area contributed by atoms with Crippen LogP contribution >= 0.6 is 12.4 Å². The molecule has 0 fully saturated rings. The van der Waals surface area contributed by atoms with Crippen LogP contribution in [0.2, 0.25) is 0 Å². The molecule has 0 spiro atoms. The van der Waals surface area contributed by atoms with Crippen molar-refractivity contribution in [3.8, 4) is 11.5 Å². The van der Waals surface area contributed by atoms with E-state index < -0.39 is 6.36 Å². The second kappa shape index (κ2) is 6.70. The van der Waals surface area contributed by atoms with Gasteiger partial charge in [-0.25, -0.2) is 0 Å². The molecule has 2 N–H and O–H groups in total. The minimum atomic E-state index is -4.71. The minimum Gasteiger partial charge on any atom is -0.496 e. The number of hydrogen-bond donors (Lipinski definition) is 1. The summed E-state index contributed by atoms with van der Waals surface area (Å²) in [4.78, 5) is 0. The van der Waals surface area contributed by atoms with Gasteiger partial charge in [0.1, 0.15) is 11.5 Å². The van der Waals surface area contributed by atoms with Gasteiger partial charge in [0.2, 0.25) is 0 Å². The molecule has 1 aromatic carbocycles. The Morgan fingerprint density at radius 3 is 2.39 bits per heavy atom. The molecule has 0 aliphatic carbocycles. The van der Waals surface area contributed by atoms with Gasteiger partial charge in [-0.1, -0.05) is 6.92 Å². The SMILES string of the molecule is CC[C@H](N)c1cc(OC(F)(F)F)ccc1OC.Cl. The number of halogens is 4. The number of ether oxygens (including phenoxy) is 2. The lowest BCUT2D eigenvalue weighted by Gasteiger charge is -2.16. The second-order valence-electron chi connectivity index (χ2n) is 3.47. The molecule has 0 bridgehead atoms. The molecule has 1 atom stereocenters. The van der Waals surface area contributed by atoms with Crippen molar-refractivity contribution >= 4 is 12.4 Å². The van der Waals surface area contributed by atoms with Crippen molar-refractivity contribution in [2.45, 2.75) is 25.7 Å². The lowest BCUT2D eigenvalue weighted by molar-refractivity contribution is -0.274. The van der Waals surface area contributed by atoms with E-state index in [1.807, 2.05) is 6.92 Å². The van der Waals surface area contributed by atoms with Gasteiger partial charge in [-0.15, -0.1) is 25.6 Å². The Kier molecular flexibility index (Phi) is 6.28. The van der Waals surface area contributed by atoms with Crippen LogP contribution in [0.4, 0.5) is 13.2 Å². The Balaban J connectivity index is 0.00000289. The Morgan fingerprint density at radius 2 is 1.94 bits per heavy atom. The summed E-state index contributed by atoms with van der Waals surface area (Å²) in [6.07, 6.45) is -4.12. The van der Waals surface area contributed by atoms with Crippen molar-refractivity contribution in [3.63, 3.8) is 0 Å². The van der Waals surface area contributed by atoms with Gasteiger partial charge >= 0.3 is 6.36 Å². The molecule has 1 rings (SSSR count). The Labute approximate surface area is 109 Å². The normalized spacial score (nSPS) is 12.6. The summed E-state index contributed by atoms with van der Waals surface area (Å²) in [5.74, 6) is 0.158. The molecule has 0 saturated carbocycles. The zero-order valence-electron chi connectivity index (χ0n) is 9.95. The first kappa shape index (κ1) is 16.9. The summed E-state index contributed by atoms with van der Waals surface area (Å²) in [6.45, 7) is 1.83. The fourth-order valence-corrected chi connectivity index (χ4v) is 1.42. The molecule has 0 aliphatic heterocycles. The summed E-state index contributed by atoms with van der Waals surface area (Å²) in [5, 5.41) is 0. The molecule has 0 radical (unpaired) electrons. The van der Waals surface area contributed by atoms with E-state index in [1.54, 1.807) is 0 Å². The van der Waals surface area contributed by atoms with Crippen LogP contribution in [-0.4, -0.2) is 13.5 Å². The topological polar surface area (TPSA) is 44.5 Å². The molecular weight excluding hydrogens is 271 g/mol. The predicted octanol–water partition coefficient (Wildman–Crippen LogP) is 3.43. The maximum absolute atomic E-state index is 12.1. The number of methoxy groups -OCH3 is 1. The molecular formula is C11H15ClF3NO2. The molecule has 0 amide bonds. The van der Waals surface area contributed by atoms with Gasteiger partial charge in [0, 0.05) is 11.6 Å². The number of benzene rings is 1. The Hall–Kier alpha value is -1.14. The van der Waals surface area contributed by atoms with E-state index in [2.05, 4.69) is 4.74 Å². The summed E-state index contributed by atoms with van der Waals surface area (Å²) in [7, 11) is 1.44. The number of hydrogen-bond acceptors (Lipinski definition) is 3. The van der Waals surface area contributed by atoms with Gasteiger partial charge in [0.05, 0.1) is 7.11 Å². The maximum Gasteiger partial charge on any atom is 0.573 e. The van der Waals surface area contributed by atoms with Crippen molar-refractivity contribution in [3.05, 3.63) is 23.8 Å². The molecule has 104 valence electrons. The third kappa shape index (κ3) is 4.62. The summed E-state index contributed by atoms with van der Waals surface area (Å²) >= 11 is 0. The van der Waals surface area contributed by atoms with E-state index in [1.165, 1.54) is 25.3 Å². The van der Waals surface area contributed by atoms with Crippen molar-refractivity contribution in [1.82, 2.24) is 0 Å². The quantitative estimate of drug-likeness (QED) is 0.922. The summed E-state index contributed by atoms with van der Waals surface area (Å²) in [6, 6.07) is 3.46. The molecule has 0 unspecified atom stereocenters. The predicted molar refractivity (Wildman–Crippen MR) is 64.1 cm³/mol. The van der Waals surface area contributed by atoms with Gasteiger partial charge in [0.25, 0.3) is 0 Å². The number of alkyl halides is 3. The molecule has 1 aromatic rings. The molecule has 3 nitrogen and oxygen atoms in total. The van der Waals surface area contributed by atoms with Crippen molar-refractivity contribution in [2.24, 2.45) is 5.73 Å². The average Bonchev–Trinajstić information content (AvgIpc) is 2.25. The van der Waals surface area contributed by atoms with Crippen LogP contribution < -0.4 is 15.2 Å². The highest BCUT2D eigenvalue weighted by atomic mass is 35.5. The molecule has 0 aromatic heterocycles. The molecule has 0 heterocycles. The monoisotopic (exact) mass is 285 g/mol. The first-order chi connectivity index (χ1) is 7.87. The highest BCUT2D eigenvalue weighted by Gasteiger charge is 2.31. The molecule has 7 heteroatoms. The van der Waals surface area contributed by atoms with E-state index in [4.69, 9.17) is 10.5 Å². The Bertz CT molecular complexity index is 385. The molecule has 0 saturated heterocycles. The fourth-order valence-electron chi connectivity index (χ4n) is 1.42. The van der Waals surface area contributed by atoms with Crippen molar-refractivity contribution < 1.29 is 22.6 Å². The van der Waals surface area contributed by atoms with E-state index >= 15 is 0 Å². The fraction of sp³-hybridized carbons (Fsp3) is 0.455. The standard InChI is InChI=1S/C11H14F3NO2.ClH/c1-3-9(15)8-6-7(17-11(12,13)14)4-5-10(8)16-2;/h4-6,9H,3,15H2,1-2H3;1H/t9-;/m0./s1. The first-order valence-corrected chi connectivity index (χ1v) is 5.06. The van der Waals surface area contributed by atoms with E-state index in [-0.39, 0.29) is 24.2 Å². The highest BCUT2D eigenvalue weighted by Crippen LogP contribution is 2.32. The summed E-state index contributed by atoms with van der Waals surface area (Å²) in [5.41, 5.74) is 6.28.